The average Bonchev–Trinajstić information content (AvgIpc) is 2.18. The maximum atomic E-state index is 11.5. The second-order valence-electron chi connectivity index (χ2n) is 4.37. The van der Waals surface area contributed by atoms with E-state index in [2.05, 4.69) is 5.73 Å². The van der Waals surface area contributed by atoms with Gasteiger partial charge in [-0.25, -0.2) is 0 Å². The summed E-state index contributed by atoms with van der Waals surface area (Å²) in [6, 6.07) is 0.536. The van der Waals surface area contributed by atoms with Gasteiger partial charge >= 0.3 is 6.18 Å². The van der Waals surface area contributed by atoms with Gasteiger partial charge in [-0.2, -0.15) is 13.2 Å². The van der Waals surface area contributed by atoms with E-state index in [0.29, 0.717) is 13.0 Å². The zero-order valence-corrected chi connectivity index (χ0v) is 9.56. The second-order valence-corrected chi connectivity index (χ2v) is 4.37. The Kier molecular flexibility index (Phi) is 6.28. The van der Waals surface area contributed by atoms with Crippen molar-refractivity contribution in [1.29, 1.82) is 0 Å². The van der Waals surface area contributed by atoms with E-state index in [4.69, 9.17) is 10.8 Å². The topological polar surface area (TPSA) is 72.3 Å². The van der Waals surface area contributed by atoms with Crippen LogP contribution >= 0.6 is 0 Å². The fraction of sp³-hybridized carbons (Fsp3) is 1.00. The molecule has 0 aliphatic heterocycles. The van der Waals surface area contributed by atoms with Gasteiger partial charge in [0.05, 0.1) is 0 Å². The first-order chi connectivity index (χ1) is 7.20. The average molecular weight is 242 g/mol. The van der Waals surface area contributed by atoms with Crippen LogP contribution in [0.15, 0.2) is 0 Å². The first kappa shape index (κ1) is 15.7. The van der Waals surface area contributed by atoms with Gasteiger partial charge in [-0.15, -0.1) is 0 Å². The summed E-state index contributed by atoms with van der Waals surface area (Å²) in [5.74, 6) is 0. The summed E-state index contributed by atoms with van der Waals surface area (Å²) >= 11 is 0. The predicted octanol–water partition coefficient (Wildman–Crippen LogP) is 1.54. The molecule has 6 heteroatoms. The van der Waals surface area contributed by atoms with Crippen LogP contribution in [0.3, 0.4) is 0 Å². The Morgan fingerprint density at radius 2 is 1.62 bits per heavy atom. The van der Waals surface area contributed by atoms with E-state index >= 15 is 0 Å². The zero-order valence-electron chi connectivity index (χ0n) is 9.56. The highest BCUT2D eigenvalue weighted by molar-refractivity contribution is 4.81. The molecular weight excluding hydrogens is 221 g/mol. The maximum Gasteiger partial charge on any atom is 0.418 e. The molecule has 3 nitrogen and oxygen atoms in total. The van der Waals surface area contributed by atoms with Crippen molar-refractivity contribution in [3.63, 3.8) is 0 Å². The Hall–Kier alpha value is -0.330. The van der Waals surface area contributed by atoms with E-state index in [1.165, 1.54) is 32.1 Å². The summed E-state index contributed by atoms with van der Waals surface area (Å²) in [4.78, 5) is 0. The molecular formula is C10H21F3N2O. The van der Waals surface area contributed by atoms with Crippen LogP contribution in [0, 0.1) is 0 Å². The van der Waals surface area contributed by atoms with Gasteiger partial charge < -0.3 is 16.6 Å². The third kappa shape index (κ3) is 5.67. The summed E-state index contributed by atoms with van der Waals surface area (Å²) in [5.41, 5.74) is 7.51. The summed E-state index contributed by atoms with van der Waals surface area (Å²) in [6.45, 7) is -0.177. The lowest BCUT2D eigenvalue weighted by molar-refractivity contribution is -0.248. The van der Waals surface area contributed by atoms with Crippen LogP contribution in [0.25, 0.3) is 0 Å². The Morgan fingerprint density at radius 1 is 1.19 bits per heavy atom. The largest absolute Gasteiger partial charge is 0.418 e. The van der Waals surface area contributed by atoms with Gasteiger partial charge in [-0.05, 0) is 19.8 Å². The minimum absolute atomic E-state index is 0.536. The van der Waals surface area contributed by atoms with Gasteiger partial charge in [0.2, 0.25) is 0 Å². The third-order valence-electron chi connectivity index (χ3n) is 2.66. The zero-order chi connectivity index (χ0) is 12.8. The lowest BCUT2D eigenvalue weighted by Crippen LogP contribution is -2.48. The Balaban J connectivity index is 0.000000288. The quantitative estimate of drug-likeness (QED) is 0.653. The minimum Gasteiger partial charge on any atom is -0.380 e. The molecule has 0 heterocycles. The van der Waals surface area contributed by atoms with Crippen molar-refractivity contribution in [3.05, 3.63) is 0 Å². The van der Waals surface area contributed by atoms with Crippen molar-refractivity contribution >= 4 is 0 Å². The predicted molar refractivity (Wildman–Crippen MR) is 56.8 cm³/mol. The van der Waals surface area contributed by atoms with E-state index in [1.54, 1.807) is 0 Å². The molecule has 5 N–H and O–H groups in total. The normalized spacial score (nSPS) is 21.9. The molecule has 1 unspecified atom stereocenters. The first-order valence-electron chi connectivity index (χ1n) is 5.45. The van der Waals surface area contributed by atoms with E-state index in [9.17, 15) is 13.2 Å². The van der Waals surface area contributed by atoms with Crippen molar-refractivity contribution < 1.29 is 18.3 Å². The van der Waals surface area contributed by atoms with Crippen molar-refractivity contribution in [2.75, 3.05) is 6.54 Å². The third-order valence-corrected chi connectivity index (χ3v) is 2.66. The first-order valence-corrected chi connectivity index (χ1v) is 5.45. The van der Waals surface area contributed by atoms with Crippen LogP contribution in [0.5, 0.6) is 0 Å². The number of halogens is 3. The summed E-state index contributed by atoms with van der Waals surface area (Å²) in [6.07, 6.45) is 2.04. The highest BCUT2D eigenvalue weighted by Crippen LogP contribution is 2.28. The fourth-order valence-electron chi connectivity index (χ4n) is 1.25. The van der Waals surface area contributed by atoms with Gasteiger partial charge in [-0.1, -0.05) is 19.3 Å². The number of hydrogen-bond donors (Lipinski definition) is 3. The molecule has 16 heavy (non-hydrogen) atoms. The van der Waals surface area contributed by atoms with E-state index in [0.717, 1.165) is 0 Å². The molecule has 1 saturated carbocycles. The number of nitrogens with two attached hydrogens (primary N) is 2. The van der Waals surface area contributed by atoms with E-state index in [-0.39, 0.29) is 0 Å². The van der Waals surface area contributed by atoms with Gasteiger partial charge in [0, 0.05) is 12.6 Å². The molecule has 1 rings (SSSR count). The molecule has 1 aliphatic carbocycles. The van der Waals surface area contributed by atoms with Crippen molar-refractivity contribution in [1.82, 2.24) is 0 Å². The number of alkyl halides is 3. The molecule has 0 aromatic carbocycles. The van der Waals surface area contributed by atoms with Gasteiger partial charge in [0.15, 0.2) is 5.60 Å². The summed E-state index contributed by atoms with van der Waals surface area (Å²) in [7, 11) is 0. The number of aliphatic hydroxyl groups is 1. The van der Waals surface area contributed by atoms with Gasteiger partial charge in [-0.3, -0.25) is 0 Å². The van der Waals surface area contributed by atoms with E-state index in [1.807, 2.05) is 0 Å². The lowest BCUT2D eigenvalue weighted by atomic mass is 9.97. The number of hydrogen-bond acceptors (Lipinski definition) is 3. The SMILES string of the molecule is CC(O)(CN)C(F)(F)F.NC1CCCCC1. The molecule has 1 atom stereocenters. The van der Waals surface area contributed by atoms with Crippen LogP contribution in [0.2, 0.25) is 0 Å². The highest BCUT2D eigenvalue weighted by atomic mass is 19.4. The summed E-state index contributed by atoms with van der Waals surface area (Å²) in [5, 5.41) is 8.41. The Labute approximate surface area is 94.0 Å². The van der Waals surface area contributed by atoms with Crippen molar-refractivity contribution in [2.45, 2.75) is 56.8 Å². The molecule has 0 spiro atoms. The highest BCUT2D eigenvalue weighted by Gasteiger charge is 2.48. The van der Waals surface area contributed by atoms with Crippen molar-refractivity contribution in [2.24, 2.45) is 11.5 Å². The molecule has 0 bridgehead atoms. The molecule has 0 amide bonds. The fourth-order valence-corrected chi connectivity index (χ4v) is 1.25. The molecule has 0 aromatic heterocycles. The van der Waals surface area contributed by atoms with Crippen LogP contribution in [0.4, 0.5) is 13.2 Å². The molecule has 0 radical (unpaired) electrons. The molecule has 98 valence electrons. The van der Waals surface area contributed by atoms with Crippen LogP contribution in [-0.4, -0.2) is 29.5 Å². The monoisotopic (exact) mass is 242 g/mol. The minimum atomic E-state index is -4.62. The molecule has 0 aromatic rings. The Bertz CT molecular complexity index is 189. The number of rotatable bonds is 1. The standard InChI is InChI=1S/C6H13N.C4H8F3NO/c7-6-4-2-1-3-5-6;1-3(9,2-8)4(5,6)7/h6H,1-5,7H2;9H,2,8H2,1H3. The molecule has 1 fully saturated rings. The maximum absolute atomic E-state index is 11.5. The van der Waals surface area contributed by atoms with Crippen molar-refractivity contribution in [3.8, 4) is 0 Å². The molecule has 1 aliphatic rings. The van der Waals surface area contributed by atoms with Crippen LogP contribution < -0.4 is 11.5 Å². The van der Waals surface area contributed by atoms with Crippen LogP contribution in [0.1, 0.15) is 39.0 Å². The smallest absolute Gasteiger partial charge is 0.380 e. The second kappa shape index (κ2) is 6.42. The summed E-state index contributed by atoms with van der Waals surface area (Å²) < 4.78 is 34.5. The lowest BCUT2D eigenvalue weighted by Gasteiger charge is -2.23. The Morgan fingerprint density at radius 3 is 1.75 bits per heavy atom. The van der Waals surface area contributed by atoms with Gasteiger partial charge in [0.1, 0.15) is 0 Å². The molecule has 0 saturated heterocycles. The van der Waals surface area contributed by atoms with Gasteiger partial charge in [0.25, 0.3) is 0 Å². The van der Waals surface area contributed by atoms with E-state index < -0.39 is 18.3 Å². The van der Waals surface area contributed by atoms with Crippen LogP contribution in [-0.2, 0) is 0 Å².